The molecule has 0 aliphatic carbocycles. The third kappa shape index (κ3) is 3.31. The van der Waals surface area contributed by atoms with Gasteiger partial charge in [-0.15, -0.1) is 0 Å². The van der Waals surface area contributed by atoms with Gasteiger partial charge in [-0.3, -0.25) is 9.36 Å². The van der Waals surface area contributed by atoms with Crippen molar-refractivity contribution in [1.82, 2.24) is 14.5 Å². The van der Waals surface area contributed by atoms with Gasteiger partial charge in [0, 0.05) is 37.6 Å². The Morgan fingerprint density at radius 2 is 2.00 bits per heavy atom. The maximum Gasteiger partial charge on any atom is 0.261 e. The van der Waals surface area contributed by atoms with Crippen LogP contribution >= 0.6 is 0 Å². The summed E-state index contributed by atoms with van der Waals surface area (Å²) in [5.74, 6) is 5.23. The van der Waals surface area contributed by atoms with Crippen LogP contribution in [0.4, 0.5) is 4.39 Å². The predicted molar refractivity (Wildman–Crippen MR) is 104 cm³/mol. The second-order valence-electron chi connectivity index (χ2n) is 7.17. The summed E-state index contributed by atoms with van der Waals surface area (Å²) in [5, 5.41) is 0.538. The standard InChI is InChI=1S/C22H18FN3O3/c23-20-16(2-1-10-24-20)5-3-15-4-6-17-18(14-15)25-19-7-8-22(28-12-13-29-22)9-11-26(19)21(17)27/h1-2,4,6,10,14H,7-9,11-13H2. The van der Waals surface area contributed by atoms with Crippen LogP contribution < -0.4 is 5.56 Å². The number of hydrogen-bond donors (Lipinski definition) is 0. The SMILES string of the molecule is O=c1c2ccc(C#Cc3cccnc3F)cc2nc2n1CCC1(CC2)OCCO1. The third-order valence-corrected chi connectivity index (χ3v) is 5.39. The number of pyridine rings is 1. The van der Waals surface area contributed by atoms with Gasteiger partial charge in [0.1, 0.15) is 5.82 Å². The second kappa shape index (κ2) is 7.07. The van der Waals surface area contributed by atoms with Crippen molar-refractivity contribution in [3.63, 3.8) is 0 Å². The van der Waals surface area contributed by atoms with E-state index in [-0.39, 0.29) is 11.1 Å². The average Bonchev–Trinajstić information content (AvgIpc) is 3.12. The summed E-state index contributed by atoms with van der Waals surface area (Å²) in [6, 6.07) is 8.45. The van der Waals surface area contributed by atoms with Crippen LogP contribution in [0.2, 0.25) is 0 Å². The average molecular weight is 391 g/mol. The number of rotatable bonds is 0. The molecule has 0 atom stereocenters. The lowest BCUT2D eigenvalue weighted by atomic mass is 10.1. The van der Waals surface area contributed by atoms with Gasteiger partial charge in [-0.25, -0.2) is 9.97 Å². The van der Waals surface area contributed by atoms with Crippen molar-refractivity contribution < 1.29 is 13.9 Å². The van der Waals surface area contributed by atoms with Gasteiger partial charge >= 0.3 is 0 Å². The van der Waals surface area contributed by atoms with Crippen molar-refractivity contribution in [3.8, 4) is 11.8 Å². The summed E-state index contributed by atoms with van der Waals surface area (Å²) in [7, 11) is 0. The van der Waals surface area contributed by atoms with Gasteiger partial charge in [-0.2, -0.15) is 4.39 Å². The van der Waals surface area contributed by atoms with E-state index in [0.29, 0.717) is 55.5 Å². The Morgan fingerprint density at radius 3 is 2.83 bits per heavy atom. The maximum atomic E-state index is 13.7. The zero-order valence-corrected chi connectivity index (χ0v) is 15.7. The van der Waals surface area contributed by atoms with Crippen LogP contribution in [-0.4, -0.2) is 33.5 Å². The molecule has 2 aromatic heterocycles. The van der Waals surface area contributed by atoms with E-state index < -0.39 is 11.7 Å². The Kier molecular flexibility index (Phi) is 4.38. The normalized spacial score (nSPS) is 17.6. The first-order valence-electron chi connectivity index (χ1n) is 9.58. The monoisotopic (exact) mass is 391 g/mol. The molecule has 2 aliphatic heterocycles. The van der Waals surface area contributed by atoms with Gasteiger partial charge in [0.15, 0.2) is 5.79 Å². The quantitative estimate of drug-likeness (QED) is 0.435. The number of halogens is 1. The van der Waals surface area contributed by atoms with E-state index >= 15 is 0 Å². The number of hydrogen-bond acceptors (Lipinski definition) is 5. The highest BCUT2D eigenvalue weighted by Crippen LogP contribution is 2.31. The first-order chi connectivity index (χ1) is 14.1. The van der Waals surface area contributed by atoms with Gasteiger partial charge in [-0.1, -0.05) is 11.8 Å². The molecular weight excluding hydrogens is 373 g/mol. The molecule has 6 nitrogen and oxygen atoms in total. The van der Waals surface area contributed by atoms with Crippen LogP contribution in [0.15, 0.2) is 41.3 Å². The summed E-state index contributed by atoms with van der Waals surface area (Å²) >= 11 is 0. The maximum absolute atomic E-state index is 13.7. The number of fused-ring (bicyclic) bond motifs is 2. The van der Waals surface area contributed by atoms with Gasteiger partial charge in [0.2, 0.25) is 5.95 Å². The van der Waals surface area contributed by atoms with E-state index in [1.54, 1.807) is 34.9 Å². The molecule has 0 saturated carbocycles. The molecule has 1 aromatic carbocycles. The summed E-state index contributed by atoms with van der Waals surface area (Å²) in [6.45, 7) is 1.68. The Bertz CT molecular complexity index is 1220. The summed E-state index contributed by atoms with van der Waals surface area (Å²) < 4.78 is 27.0. The Hall–Kier alpha value is -3.08. The van der Waals surface area contributed by atoms with Gasteiger partial charge in [-0.05, 0) is 30.3 Å². The number of nitrogens with zero attached hydrogens (tertiary/aromatic N) is 3. The van der Waals surface area contributed by atoms with Crippen molar-refractivity contribution >= 4 is 10.9 Å². The molecule has 146 valence electrons. The Labute approximate surface area is 166 Å². The van der Waals surface area contributed by atoms with Crippen molar-refractivity contribution in [2.24, 2.45) is 0 Å². The van der Waals surface area contributed by atoms with Crippen LogP contribution in [0.3, 0.4) is 0 Å². The minimum absolute atomic E-state index is 0.0714. The topological polar surface area (TPSA) is 66.2 Å². The van der Waals surface area contributed by atoms with Crippen LogP contribution in [0.5, 0.6) is 0 Å². The molecule has 0 unspecified atom stereocenters. The molecule has 0 amide bonds. The summed E-state index contributed by atoms with van der Waals surface area (Å²) in [5.41, 5.74) is 1.40. The molecule has 0 radical (unpaired) electrons. The lowest BCUT2D eigenvalue weighted by Gasteiger charge is -2.24. The Morgan fingerprint density at radius 1 is 1.14 bits per heavy atom. The molecule has 4 heterocycles. The highest BCUT2D eigenvalue weighted by atomic mass is 19.1. The molecule has 5 rings (SSSR count). The fourth-order valence-electron chi connectivity index (χ4n) is 3.88. The molecule has 1 saturated heterocycles. The molecule has 1 fully saturated rings. The number of aromatic nitrogens is 3. The highest BCUT2D eigenvalue weighted by molar-refractivity contribution is 5.79. The minimum atomic E-state index is -0.604. The predicted octanol–water partition coefficient (Wildman–Crippen LogP) is 2.41. The van der Waals surface area contributed by atoms with E-state index in [2.05, 4.69) is 16.8 Å². The van der Waals surface area contributed by atoms with E-state index in [1.165, 1.54) is 6.20 Å². The minimum Gasteiger partial charge on any atom is -0.347 e. The molecule has 0 bridgehead atoms. The highest BCUT2D eigenvalue weighted by Gasteiger charge is 2.38. The number of benzene rings is 1. The molecule has 3 aromatic rings. The number of ether oxygens (including phenoxy) is 2. The lowest BCUT2D eigenvalue weighted by Crippen LogP contribution is -2.31. The number of aryl methyl sites for hydroxylation is 1. The molecule has 1 spiro atoms. The van der Waals surface area contributed by atoms with Gasteiger partial charge in [0.05, 0.1) is 29.7 Å². The molecule has 0 N–H and O–H groups in total. The lowest BCUT2D eigenvalue weighted by molar-refractivity contribution is -0.165. The summed E-state index contributed by atoms with van der Waals surface area (Å²) in [4.78, 5) is 21.3. The van der Waals surface area contributed by atoms with Crippen LogP contribution in [0.25, 0.3) is 10.9 Å². The van der Waals surface area contributed by atoms with Gasteiger partial charge in [0.25, 0.3) is 5.56 Å². The van der Waals surface area contributed by atoms with E-state index in [0.717, 1.165) is 5.82 Å². The second-order valence-corrected chi connectivity index (χ2v) is 7.17. The van der Waals surface area contributed by atoms with Gasteiger partial charge < -0.3 is 9.47 Å². The van der Waals surface area contributed by atoms with E-state index in [9.17, 15) is 9.18 Å². The molecular formula is C22H18FN3O3. The van der Waals surface area contributed by atoms with Crippen LogP contribution in [0, 0.1) is 17.8 Å². The van der Waals surface area contributed by atoms with E-state index in [4.69, 9.17) is 14.5 Å². The molecule has 29 heavy (non-hydrogen) atoms. The van der Waals surface area contributed by atoms with Crippen molar-refractivity contribution in [2.45, 2.75) is 31.6 Å². The largest absolute Gasteiger partial charge is 0.347 e. The molecule has 7 heteroatoms. The van der Waals surface area contributed by atoms with E-state index in [1.807, 2.05) is 0 Å². The fraction of sp³-hybridized carbons (Fsp3) is 0.318. The molecule has 2 aliphatic rings. The zero-order chi connectivity index (χ0) is 19.8. The first kappa shape index (κ1) is 18.0. The smallest absolute Gasteiger partial charge is 0.261 e. The Balaban J connectivity index is 1.52. The van der Waals surface area contributed by atoms with Crippen molar-refractivity contribution in [3.05, 3.63) is 69.8 Å². The third-order valence-electron chi connectivity index (χ3n) is 5.39. The van der Waals surface area contributed by atoms with Crippen LogP contribution in [0.1, 0.15) is 29.8 Å². The zero-order valence-electron chi connectivity index (χ0n) is 15.7. The first-order valence-corrected chi connectivity index (χ1v) is 9.58. The fourth-order valence-corrected chi connectivity index (χ4v) is 3.88. The van der Waals surface area contributed by atoms with Crippen molar-refractivity contribution in [2.75, 3.05) is 13.2 Å². The summed E-state index contributed by atoms with van der Waals surface area (Å²) in [6.07, 6.45) is 3.28. The van der Waals surface area contributed by atoms with Crippen LogP contribution in [-0.2, 0) is 22.4 Å². The van der Waals surface area contributed by atoms with Crippen molar-refractivity contribution in [1.29, 1.82) is 0 Å².